The van der Waals surface area contributed by atoms with Crippen LogP contribution in [0.2, 0.25) is 0 Å². The van der Waals surface area contributed by atoms with Crippen LogP contribution >= 0.6 is 7.26 Å². The first kappa shape index (κ1) is 39.1. The van der Waals surface area contributed by atoms with E-state index >= 15 is 0 Å². The first-order valence-electron chi connectivity index (χ1n) is 19.6. The van der Waals surface area contributed by atoms with Gasteiger partial charge in [-0.15, -0.1) is 0 Å². The normalized spacial score (nSPS) is 14.9. The Morgan fingerprint density at radius 3 is 1.62 bits per heavy atom. The van der Waals surface area contributed by atoms with Crippen LogP contribution in [0.25, 0.3) is 40.1 Å². The second kappa shape index (κ2) is 18.2. The number of nitrogens with zero attached hydrogens (tertiary/aromatic N) is 3. The zero-order chi connectivity index (χ0) is 39.7. The van der Waals surface area contributed by atoms with E-state index in [0.717, 1.165) is 51.6 Å². The SMILES string of the molecule is C/C=C/c1ccc(-c2nnc(-c3ccc(C(C=C4COCC4=CCC)=C([C]#[Os])[P+](c4ccccc4)(c4ccccc4)c4ccccc4)cc3)n2-c2ccccc2)cc1. The molecule has 0 unspecified atom stereocenters. The van der Waals surface area contributed by atoms with Crippen molar-refractivity contribution in [3.05, 3.63) is 216 Å². The Kier molecular flexibility index (Phi) is 12.3. The monoisotopic (exact) mass is 949 g/mol. The van der Waals surface area contributed by atoms with E-state index in [-0.39, 0.29) is 0 Å². The smallest absolute Gasteiger partial charge is 0.0543 e. The molecule has 4 nitrogen and oxygen atoms in total. The molecular formula is C52H44N3OOsP+. The van der Waals surface area contributed by atoms with E-state index < -0.39 is 7.26 Å². The number of hydrogen-bond donors (Lipinski definition) is 0. The van der Waals surface area contributed by atoms with Gasteiger partial charge in [0, 0.05) is 0 Å². The predicted molar refractivity (Wildman–Crippen MR) is 240 cm³/mol. The summed E-state index contributed by atoms with van der Waals surface area (Å²) in [7, 11) is -2.49. The topological polar surface area (TPSA) is 39.9 Å². The minimum atomic E-state index is -2.49. The van der Waals surface area contributed by atoms with Crippen LogP contribution < -0.4 is 15.9 Å². The van der Waals surface area contributed by atoms with E-state index in [1.54, 1.807) is 0 Å². The molecule has 1 aromatic heterocycles. The Bertz CT molecular complexity index is 2560. The summed E-state index contributed by atoms with van der Waals surface area (Å²) in [4.78, 5) is 0. The summed E-state index contributed by atoms with van der Waals surface area (Å²) in [5, 5.41) is 14.7. The van der Waals surface area contributed by atoms with E-state index in [1.165, 1.54) is 32.4 Å². The number of hydrogen-bond acceptors (Lipinski definition) is 3. The molecule has 0 atom stereocenters. The molecule has 0 spiro atoms. The molecule has 0 bridgehead atoms. The van der Waals surface area contributed by atoms with Gasteiger partial charge in [0.1, 0.15) is 0 Å². The van der Waals surface area contributed by atoms with Crippen molar-refractivity contribution in [2.45, 2.75) is 20.3 Å². The van der Waals surface area contributed by atoms with Gasteiger partial charge in [-0.2, -0.15) is 0 Å². The van der Waals surface area contributed by atoms with Crippen molar-refractivity contribution >= 4 is 34.8 Å². The number of para-hydroxylation sites is 1. The third-order valence-corrected chi connectivity index (χ3v) is 15.8. The van der Waals surface area contributed by atoms with Crippen LogP contribution in [-0.2, 0) is 22.7 Å². The third kappa shape index (κ3) is 7.76. The van der Waals surface area contributed by atoms with E-state index in [9.17, 15) is 0 Å². The molecule has 8 rings (SSSR count). The van der Waals surface area contributed by atoms with Crippen molar-refractivity contribution in [1.82, 2.24) is 14.8 Å². The van der Waals surface area contributed by atoms with Gasteiger partial charge in [-0.1, -0.05) is 30.4 Å². The van der Waals surface area contributed by atoms with Crippen molar-refractivity contribution in [2.24, 2.45) is 0 Å². The Morgan fingerprint density at radius 2 is 1.14 bits per heavy atom. The maximum absolute atomic E-state index is 6.11. The maximum atomic E-state index is 6.11. The Morgan fingerprint density at radius 1 is 0.655 bits per heavy atom. The molecule has 0 aliphatic carbocycles. The average Bonchev–Trinajstić information content (AvgIpc) is 3.94. The molecule has 1 saturated heterocycles. The quantitative estimate of drug-likeness (QED) is 0.121. The van der Waals surface area contributed by atoms with Gasteiger partial charge in [-0.3, -0.25) is 0 Å². The van der Waals surface area contributed by atoms with Crippen molar-refractivity contribution in [3.63, 3.8) is 0 Å². The molecule has 6 aromatic carbocycles. The molecule has 6 heteroatoms. The van der Waals surface area contributed by atoms with Gasteiger partial charge in [0.05, 0.1) is 0 Å². The number of benzene rings is 6. The molecule has 1 aliphatic rings. The van der Waals surface area contributed by atoms with Crippen LogP contribution in [0, 0.1) is 4.37 Å². The molecule has 0 saturated carbocycles. The fourth-order valence-electron chi connectivity index (χ4n) is 7.78. The first-order valence-corrected chi connectivity index (χ1v) is 22.7. The van der Waals surface area contributed by atoms with E-state index in [4.69, 9.17) is 14.9 Å². The van der Waals surface area contributed by atoms with Crippen LogP contribution in [0.1, 0.15) is 31.4 Å². The van der Waals surface area contributed by atoms with E-state index in [0.29, 0.717) is 13.2 Å². The molecule has 2 heterocycles. The van der Waals surface area contributed by atoms with Crippen LogP contribution in [0.4, 0.5) is 0 Å². The molecular weight excluding hydrogens is 904 g/mol. The minimum Gasteiger partial charge on any atom is -0.0543 e. The molecule has 0 amide bonds. The van der Waals surface area contributed by atoms with Gasteiger partial charge in [-0.05, 0) is 12.5 Å². The fraction of sp³-hybridized carbons (Fsp3) is 0.0962. The van der Waals surface area contributed by atoms with Crippen molar-refractivity contribution in [2.75, 3.05) is 13.2 Å². The van der Waals surface area contributed by atoms with Crippen LogP contribution in [0.3, 0.4) is 0 Å². The molecule has 1 aliphatic heterocycles. The van der Waals surface area contributed by atoms with Crippen LogP contribution in [-0.4, -0.2) is 28.0 Å². The zero-order valence-corrected chi connectivity index (χ0v) is 36.1. The number of allylic oxidation sites excluding steroid dienone is 5. The summed E-state index contributed by atoms with van der Waals surface area (Å²) in [6.07, 6.45) is 9.78. The summed E-state index contributed by atoms with van der Waals surface area (Å²) in [5.74, 6) is 1.57. The molecule has 1 fully saturated rings. The van der Waals surface area contributed by atoms with Crippen LogP contribution in [0.15, 0.2) is 205 Å². The molecule has 285 valence electrons. The molecule has 0 radical (unpaired) electrons. The van der Waals surface area contributed by atoms with Gasteiger partial charge in [-0.25, -0.2) is 0 Å². The Labute approximate surface area is 352 Å². The average molecular weight is 948 g/mol. The number of rotatable bonds is 11. The number of ether oxygens (including phenoxy) is 1. The Hall–Kier alpha value is -5.77. The summed E-state index contributed by atoms with van der Waals surface area (Å²) in [6.45, 7) is 5.41. The van der Waals surface area contributed by atoms with Gasteiger partial charge >= 0.3 is 311 Å². The van der Waals surface area contributed by atoms with Crippen LogP contribution in [0.5, 0.6) is 0 Å². The number of aromatic nitrogens is 3. The third-order valence-electron chi connectivity index (χ3n) is 10.5. The standard InChI is InChI=1S/C52H44N3OP.Os/c1-4-18-40-28-30-42(31-29-40)51-53-54-52(55(51)46-20-10-6-11-21-46)43-34-32-41(33-35-43)50(36-45-38-56-37-44(45)19-5-2)39(3)57(47-22-12-7-13-23-47,48-24-14-8-15-25-48)49-26-16-9-17-27-49;/h4,6-36H,5,37-38H2,1-2H3;/q+1;/b18-4+,44-19?,45-36?,50-39?;. The fourth-order valence-corrected chi connectivity index (χ4v) is 13.6. The van der Waals surface area contributed by atoms with Crippen molar-refractivity contribution < 1.29 is 22.7 Å². The summed E-state index contributed by atoms with van der Waals surface area (Å²) >= 11 is 1.81. The van der Waals surface area contributed by atoms with E-state index in [2.05, 4.69) is 204 Å². The van der Waals surface area contributed by atoms with Gasteiger partial charge in [0.25, 0.3) is 0 Å². The molecule has 7 aromatic rings. The summed E-state index contributed by atoms with van der Waals surface area (Å²) in [6, 6.07) is 60.8. The second-order valence-electron chi connectivity index (χ2n) is 14.0. The second-order valence-corrected chi connectivity index (χ2v) is 18.0. The van der Waals surface area contributed by atoms with Crippen molar-refractivity contribution in [1.29, 1.82) is 0 Å². The minimum absolute atomic E-state index is 0.568. The van der Waals surface area contributed by atoms with Crippen molar-refractivity contribution in [3.8, 4) is 32.8 Å². The van der Waals surface area contributed by atoms with Gasteiger partial charge in [0.15, 0.2) is 0 Å². The summed E-state index contributed by atoms with van der Waals surface area (Å²) < 4.78 is 12.2. The predicted octanol–water partition coefficient (Wildman–Crippen LogP) is 11.1. The van der Waals surface area contributed by atoms with Gasteiger partial charge < -0.3 is 0 Å². The van der Waals surface area contributed by atoms with Gasteiger partial charge in [0.2, 0.25) is 0 Å². The Balaban J connectivity index is 1.37. The molecule has 0 N–H and O–H groups in total. The molecule has 58 heavy (non-hydrogen) atoms. The summed E-state index contributed by atoms with van der Waals surface area (Å²) in [5.41, 5.74) is 8.82. The first-order chi connectivity index (χ1) is 28.6. The van der Waals surface area contributed by atoms with E-state index in [1.807, 2.05) is 30.9 Å². The zero-order valence-electron chi connectivity index (χ0n) is 32.6.